The van der Waals surface area contributed by atoms with Gasteiger partial charge in [-0.2, -0.15) is 0 Å². The summed E-state index contributed by atoms with van der Waals surface area (Å²) in [6, 6.07) is 14.2. The third kappa shape index (κ3) is 4.29. The topological polar surface area (TPSA) is 49.3 Å². The molecule has 1 saturated heterocycles. The van der Waals surface area contributed by atoms with Crippen molar-refractivity contribution in [1.82, 2.24) is 19.8 Å². The molecule has 0 saturated carbocycles. The first-order chi connectivity index (χ1) is 13.7. The fourth-order valence-electron chi connectivity index (χ4n) is 3.57. The maximum Gasteiger partial charge on any atom is 0.257 e. The van der Waals surface area contributed by atoms with Crippen molar-refractivity contribution in [3.05, 3.63) is 70.3 Å². The van der Waals surface area contributed by atoms with E-state index < -0.39 is 0 Å². The maximum atomic E-state index is 13.3. The first kappa shape index (κ1) is 18.8. The first-order valence-corrected chi connectivity index (χ1v) is 10.5. The van der Waals surface area contributed by atoms with Crippen molar-refractivity contribution in [3.63, 3.8) is 0 Å². The summed E-state index contributed by atoms with van der Waals surface area (Å²) >= 11 is 1.79. The number of benzene rings is 1. The average molecular weight is 393 g/mol. The van der Waals surface area contributed by atoms with Crippen molar-refractivity contribution >= 4 is 17.2 Å². The Morgan fingerprint density at radius 1 is 1.07 bits per heavy atom. The molecule has 144 valence electrons. The van der Waals surface area contributed by atoms with Crippen LogP contribution in [-0.4, -0.2) is 51.9 Å². The van der Waals surface area contributed by atoms with Crippen LogP contribution in [0.5, 0.6) is 0 Å². The Kier molecular flexibility index (Phi) is 5.78. The van der Waals surface area contributed by atoms with Crippen molar-refractivity contribution < 1.29 is 4.79 Å². The normalized spacial score (nSPS) is 15.4. The molecule has 2 aromatic heterocycles. The molecule has 1 amide bonds. The van der Waals surface area contributed by atoms with Crippen LogP contribution in [-0.2, 0) is 6.54 Å². The van der Waals surface area contributed by atoms with Gasteiger partial charge in [-0.3, -0.25) is 9.69 Å². The number of aromatic nitrogens is 2. The van der Waals surface area contributed by atoms with E-state index in [0.29, 0.717) is 11.4 Å². The van der Waals surface area contributed by atoms with E-state index >= 15 is 0 Å². The fraction of sp³-hybridized carbons (Fsp3) is 0.318. The van der Waals surface area contributed by atoms with Crippen LogP contribution < -0.4 is 0 Å². The van der Waals surface area contributed by atoms with Crippen LogP contribution in [0.4, 0.5) is 0 Å². The van der Waals surface area contributed by atoms with Gasteiger partial charge in [0.1, 0.15) is 5.82 Å². The van der Waals surface area contributed by atoms with E-state index in [1.54, 1.807) is 17.5 Å². The van der Waals surface area contributed by atoms with Gasteiger partial charge in [0, 0.05) is 49.4 Å². The second kappa shape index (κ2) is 8.63. The highest BCUT2D eigenvalue weighted by Gasteiger charge is 2.24. The molecular formula is C22H24N4OS. The Morgan fingerprint density at radius 2 is 1.93 bits per heavy atom. The van der Waals surface area contributed by atoms with Gasteiger partial charge in [-0.1, -0.05) is 36.4 Å². The minimum atomic E-state index is 0.0248. The van der Waals surface area contributed by atoms with E-state index in [2.05, 4.69) is 32.4 Å². The largest absolute Gasteiger partial charge is 0.337 e. The van der Waals surface area contributed by atoms with E-state index in [-0.39, 0.29) is 5.91 Å². The highest BCUT2D eigenvalue weighted by Crippen LogP contribution is 2.23. The molecule has 1 fully saturated rings. The standard InChI is InChI=1S/C22H24N4OS/c1-17-23-15-20(21(24-17)18-7-3-2-4-8-18)22(27)26-11-6-10-25(12-13-26)16-19-9-5-14-28-19/h2-5,7-9,14-15H,6,10-13,16H2,1H3. The molecule has 3 aromatic rings. The Hall–Kier alpha value is -2.57. The number of carbonyl (C=O) groups excluding carboxylic acids is 1. The van der Waals surface area contributed by atoms with Crippen molar-refractivity contribution in [3.8, 4) is 11.3 Å². The van der Waals surface area contributed by atoms with Gasteiger partial charge in [-0.25, -0.2) is 9.97 Å². The lowest BCUT2D eigenvalue weighted by atomic mass is 10.1. The predicted octanol–water partition coefficient (Wildman–Crippen LogP) is 3.86. The summed E-state index contributed by atoms with van der Waals surface area (Å²) in [6.07, 6.45) is 2.66. The summed E-state index contributed by atoms with van der Waals surface area (Å²) in [5, 5.41) is 2.12. The molecule has 1 aromatic carbocycles. The molecule has 0 N–H and O–H groups in total. The van der Waals surface area contributed by atoms with Gasteiger partial charge in [-0.15, -0.1) is 11.3 Å². The maximum absolute atomic E-state index is 13.3. The van der Waals surface area contributed by atoms with Crippen LogP contribution in [0, 0.1) is 6.92 Å². The zero-order valence-corrected chi connectivity index (χ0v) is 16.9. The Balaban J connectivity index is 1.52. The summed E-state index contributed by atoms with van der Waals surface area (Å²) in [5.41, 5.74) is 2.26. The number of rotatable bonds is 4. The Morgan fingerprint density at radius 3 is 2.71 bits per heavy atom. The van der Waals surface area contributed by atoms with Gasteiger partial charge in [0.25, 0.3) is 5.91 Å². The summed E-state index contributed by atoms with van der Waals surface area (Å²) in [6.45, 7) is 6.21. The van der Waals surface area contributed by atoms with E-state index in [1.165, 1.54) is 4.88 Å². The summed E-state index contributed by atoms with van der Waals surface area (Å²) in [4.78, 5) is 28.0. The average Bonchev–Trinajstić information content (AvgIpc) is 3.12. The van der Waals surface area contributed by atoms with Gasteiger partial charge in [0.2, 0.25) is 0 Å². The molecule has 5 nitrogen and oxygen atoms in total. The predicted molar refractivity (Wildman–Crippen MR) is 112 cm³/mol. The molecule has 1 aliphatic heterocycles. The summed E-state index contributed by atoms with van der Waals surface area (Å²) in [7, 11) is 0. The summed E-state index contributed by atoms with van der Waals surface area (Å²) in [5.74, 6) is 0.699. The quantitative estimate of drug-likeness (QED) is 0.676. The number of amides is 1. The number of thiophene rings is 1. The smallest absolute Gasteiger partial charge is 0.257 e. The molecule has 0 atom stereocenters. The van der Waals surface area contributed by atoms with Gasteiger partial charge < -0.3 is 4.90 Å². The Labute approximate surface area is 169 Å². The first-order valence-electron chi connectivity index (χ1n) is 9.64. The fourth-order valence-corrected chi connectivity index (χ4v) is 4.31. The number of hydrogen-bond donors (Lipinski definition) is 0. The lowest BCUT2D eigenvalue weighted by molar-refractivity contribution is 0.0761. The molecule has 0 aliphatic carbocycles. The molecule has 28 heavy (non-hydrogen) atoms. The van der Waals surface area contributed by atoms with Gasteiger partial charge >= 0.3 is 0 Å². The van der Waals surface area contributed by atoms with E-state index in [4.69, 9.17) is 0 Å². The van der Waals surface area contributed by atoms with Crippen molar-refractivity contribution in [2.45, 2.75) is 19.9 Å². The van der Waals surface area contributed by atoms with Crippen LogP contribution >= 0.6 is 11.3 Å². The Bertz CT molecular complexity index is 927. The second-order valence-electron chi connectivity index (χ2n) is 7.05. The van der Waals surface area contributed by atoms with Gasteiger partial charge in [0.15, 0.2) is 0 Å². The van der Waals surface area contributed by atoms with Gasteiger partial charge in [0.05, 0.1) is 11.3 Å². The summed E-state index contributed by atoms with van der Waals surface area (Å²) < 4.78 is 0. The third-order valence-corrected chi connectivity index (χ3v) is 5.88. The molecule has 0 radical (unpaired) electrons. The zero-order chi connectivity index (χ0) is 19.3. The van der Waals surface area contributed by atoms with Crippen molar-refractivity contribution in [2.24, 2.45) is 0 Å². The van der Waals surface area contributed by atoms with Crippen molar-refractivity contribution in [1.29, 1.82) is 0 Å². The van der Waals surface area contributed by atoms with Crippen LogP contribution in [0.3, 0.4) is 0 Å². The minimum absolute atomic E-state index is 0.0248. The van der Waals surface area contributed by atoms with Crippen molar-refractivity contribution in [2.75, 3.05) is 26.2 Å². The highest BCUT2D eigenvalue weighted by atomic mass is 32.1. The molecule has 0 bridgehead atoms. The minimum Gasteiger partial charge on any atom is -0.337 e. The highest BCUT2D eigenvalue weighted by molar-refractivity contribution is 7.09. The van der Waals surface area contributed by atoms with E-state index in [9.17, 15) is 4.79 Å². The van der Waals surface area contributed by atoms with E-state index in [1.807, 2.05) is 42.2 Å². The van der Waals surface area contributed by atoms with Crippen LogP contribution in [0.1, 0.15) is 27.5 Å². The second-order valence-corrected chi connectivity index (χ2v) is 8.08. The van der Waals surface area contributed by atoms with Crippen LogP contribution in [0.25, 0.3) is 11.3 Å². The molecule has 3 heterocycles. The molecule has 1 aliphatic rings. The molecule has 4 rings (SSSR count). The monoisotopic (exact) mass is 392 g/mol. The zero-order valence-electron chi connectivity index (χ0n) is 16.0. The molecule has 0 spiro atoms. The number of hydrogen-bond acceptors (Lipinski definition) is 5. The molecular weight excluding hydrogens is 368 g/mol. The lowest BCUT2D eigenvalue weighted by Crippen LogP contribution is -2.35. The number of carbonyl (C=O) groups is 1. The number of aryl methyl sites for hydroxylation is 1. The third-order valence-electron chi connectivity index (χ3n) is 5.02. The van der Waals surface area contributed by atoms with E-state index in [0.717, 1.165) is 50.4 Å². The molecule has 6 heteroatoms. The SMILES string of the molecule is Cc1ncc(C(=O)N2CCCN(Cc3cccs3)CC2)c(-c2ccccc2)n1. The lowest BCUT2D eigenvalue weighted by Gasteiger charge is -2.22. The van der Waals surface area contributed by atoms with Gasteiger partial charge in [-0.05, 0) is 24.8 Å². The molecule has 0 unspecified atom stereocenters. The van der Waals surface area contributed by atoms with Crippen LogP contribution in [0.2, 0.25) is 0 Å². The van der Waals surface area contributed by atoms with Crippen LogP contribution in [0.15, 0.2) is 54.0 Å². The number of nitrogens with zero attached hydrogens (tertiary/aromatic N) is 4.